The van der Waals surface area contributed by atoms with E-state index in [0.717, 1.165) is 5.75 Å². The smallest absolute Gasteiger partial charge is 0.255 e. The van der Waals surface area contributed by atoms with Gasteiger partial charge in [0.05, 0.1) is 5.69 Å². The summed E-state index contributed by atoms with van der Waals surface area (Å²) in [5.41, 5.74) is 2.46. The van der Waals surface area contributed by atoms with Gasteiger partial charge in [0.1, 0.15) is 24.7 Å². The van der Waals surface area contributed by atoms with Crippen LogP contribution in [0.25, 0.3) is 0 Å². The van der Waals surface area contributed by atoms with Crippen LogP contribution < -0.4 is 14.8 Å². The standard InChI is InChI=1S/C24H25NO3/c1-18(2)19-12-14-20(15-13-19)24(26)25-22-10-6-7-11-23(22)28-17-16-27-21-8-4-3-5-9-21/h3-15,18H,16-17H2,1-2H3,(H,25,26). The third-order valence-electron chi connectivity index (χ3n) is 4.33. The van der Waals surface area contributed by atoms with Crippen LogP contribution >= 0.6 is 0 Å². The van der Waals surface area contributed by atoms with Gasteiger partial charge >= 0.3 is 0 Å². The number of hydrogen-bond donors (Lipinski definition) is 1. The zero-order chi connectivity index (χ0) is 19.8. The molecule has 4 heteroatoms. The van der Waals surface area contributed by atoms with Crippen molar-refractivity contribution >= 4 is 11.6 Å². The normalized spacial score (nSPS) is 10.5. The molecule has 0 fully saturated rings. The third-order valence-corrected chi connectivity index (χ3v) is 4.33. The van der Waals surface area contributed by atoms with Crippen molar-refractivity contribution in [3.8, 4) is 11.5 Å². The lowest BCUT2D eigenvalue weighted by atomic mass is 10.0. The Kier molecular flexibility index (Phi) is 6.68. The molecule has 0 atom stereocenters. The van der Waals surface area contributed by atoms with E-state index in [1.54, 1.807) is 0 Å². The summed E-state index contributed by atoms with van der Waals surface area (Å²) in [4.78, 5) is 12.6. The molecule has 0 spiro atoms. The first-order chi connectivity index (χ1) is 13.6. The Morgan fingerprint density at radius 1 is 0.821 bits per heavy atom. The van der Waals surface area contributed by atoms with E-state index >= 15 is 0 Å². The van der Waals surface area contributed by atoms with Gasteiger partial charge in [-0.1, -0.05) is 56.3 Å². The third kappa shape index (κ3) is 5.36. The number of rotatable bonds is 8. The van der Waals surface area contributed by atoms with Crippen molar-refractivity contribution in [1.82, 2.24) is 0 Å². The fourth-order valence-corrected chi connectivity index (χ4v) is 2.74. The van der Waals surface area contributed by atoms with E-state index in [1.165, 1.54) is 5.56 Å². The Hall–Kier alpha value is -3.27. The number of para-hydroxylation sites is 3. The van der Waals surface area contributed by atoms with Crippen LogP contribution in [-0.2, 0) is 0 Å². The molecule has 0 saturated carbocycles. The molecule has 0 aliphatic carbocycles. The van der Waals surface area contributed by atoms with E-state index in [4.69, 9.17) is 9.47 Å². The van der Waals surface area contributed by atoms with Crippen molar-refractivity contribution in [2.24, 2.45) is 0 Å². The van der Waals surface area contributed by atoms with Crippen molar-refractivity contribution in [2.75, 3.05) is 18.5 Å². The van der Waals surface area contributed by atoms with Gasteiger partial charge in [0.2, 0.25) is 0 Å². The molecule has 4 nitrogen and oxygen atoms in total. The van der Waals surface area contributed by atoms with Crippen LogP contribution in [0.4, 0.5) is 5.69 Å². The Morgan fingerprint density at radius 2 is 1.46 bits per heavy atom. The first kappa shape index (κ1) is 19.5. The lowest BCUT2D eigenvalue weighted by Gasteiger charge is -2.13. The van der Waals surface area contributed by atoms with Crippen molar-refractivity contribution in [2.45, 2.75) is 19.8 Å². The van der Waals surface area contributed by atoms with Gasteiger partial charge in [0.15, 0.2) is 0 Å². The summed E-state index contributed by atoms with van der Waals surface area (Å²) in [5, 5.41) is 2.93. The highest BCUT2D eigenvalue weighted by Gasteiger charge is 2.10. The molecule has 0 unspecified atom stereocenters. The maximum absolute atomic E-state index is 12.6. The van der Waals surface area contributed by atoms with E-state index in [-0.39, 0.29) is 5.91 Å². The van der Waals surface area contributed by atoms with Crippen LogP contribution in [0.2, 0.25) is 0 Å². The maximum atomic E-state index is 12.6. The summed E-state index contributed by atoms with van der Waals surface area (Å²) < 4.78 is 11.4. The lowest BCUT2D eigenvalue weighted by molar-refractivity contribution is 0.102. The van der Waals surface area contributed by atoms with Gasteiger partial charge < -0.3 is 14.8 Å². The van der Waals surface area contributed by atoms with Crippen LogP contribution in [0, 0.1) is 0 Å². The summed E-state index contributed by atoms with van der Waals surface area (Å²) in [5.74, 6) is 1.69. The Bertz CT molecular complexity index is 889. The summed E-state index contributed by atoms with van der Waals surface area (Å²) >= 11 is 0. The van der Waals surface area contributed by atoms with E-state index in [2.05, 4.69) is 19.2 Å². The number of ether oxygens (including phenoxy) is 2. The van der Waals surface area contributed by atoms with Crippen molar-refractivity contribution in [3.63, 3.8) is 0 Å². The second-order valence-electron chi connectivity index (χ2n) is 6.74. The highest BCUT2D eigenvalue weighted by atomic mass is 16.5. The van der Waals surface area contributed by atoms with Crippen molar-refractivity contribution in [1.29, 1.82) is 0 Å². The molecular formula is C24H25NO3. The zero-order valence-corrected chi connectivity index (χ0v) is 16.2. The largest absolute Gasteiger partial charge is 0.490 e. The molecule has 0 aromatic heterocycles. The molecule has 0 bridgehead atoms. The van der Waals surface area contributed by atoms with Crippen molar-refractivity contribution in [3.05, 3.63) is 90.0 Å². The molecule has 28 heavy (non-hydrogen) atoms. The fourth-order valence-electron chi connectivity index (χ4n) is 2.74. The lowest BCUT2D eigenvalue weighted by Crippen LogP contribution is -2.14. The molecule has 3 rings (SSSR count). The molecule has 3 aromatic carbocycles. The second-order valence-corrected chi connectivity index (χ2v) is 6.74. The van der Waals surface area contributed by atoms with Gasteiger partial charge in [0, 0.05) is 5.56 Å². The highest BCUT2D eigenvalue weighted by Crippen LogP contribution is 2.25. The first-order valence-corrected chi connectivity index (χ1v) is 9.44. The molecule has 0 radical (unpaired) electrons. The van der Waals surface area contributed by atoms with E-state index in [0.29, 0.717) is 36.1 Å². The average Bonchev–Trinajstić information content (AvgIpc) is 2.73. The number of hydrogen-bond acceptors (Lipinski definition) is 3. The summed E-state index contributed by atoms with van der Waals surface area (Å²) in [6.07, 6.45) is 0. The molecule has 0 saturated heterocycles. The molecule has 1 amide bonds. The minimum Gasteiger partial charge on any atom is -0.490 e. The van der Waals surface area contributed by atoms with Crippen LogP contribution in [0.5, 0.6) is 11.5 Å². The topological polar surface area (TPSA) is 47.6 Å². The molecular weight excluding hydrogens is 350 g/mol. The average molecular weight is 375 g/mol. The molecule has 0 heterocycles. The van der Waals surface area contributed by atoms with Gasteiger partial charge in [-0.3, -0.25) is 4.79 Å². The Labute approximate surface area is 166 Å². The monoisotopic (exact) mass is 375 g/mol. The zero-order valence-electron chi connectivity index (χ0n) is 16.2. The Morgan fingerprint density at radius 3 is 2.18 bits per heavy atom. The quantitative estimate of drug-likeness (QED) is 0.527. The fraction of sp³-hybridized carbons (Fsp3) is 0.208. The molecule has 0 aliphatic rings. The van der Waals surface area contributed by atoms with Gasteiger partial charge in [-0.05, 0) is 47.9 Å². The SMILES string of the molecule is CC(C)c1ccc(C(=O)Nc2ccccc2OCCOc2ccccc2)cc1. The first-order valence-electron chi connectivity index (χ1n) is 9.44. The van der Waals surface area contributed by atoms with Crippen LogP contribution in [0.15, 0.2) is 78.9 Å². The van der Waals surface area contributed by atoms with E-state index < -0.39 is 0 Å². The van der Waals surface area contributed by atoms with E-state index in [1.807, 2.05) is 78.9 Å². The minimum absolute atomic E-state index is 0.160. The van der Waals surface area contributed by atoms with Crippen LogP contribution in [-0.4, -0.2) is 19.1 Å². The summed E-state index contributed by atoms with van der Waals surface area (Å²) in [7, 11) is 0. The summed E-state index contributed by atoms with van der Waals surface area (Å²) in [6, 6.07) is 24.7. The maximum Gasteiger partial charge on any atom is 0.255 e. The number of carbonyl (C=O) groups excluding carboxylic acids is 1. The van der Waals surface area contributed by atoms with Gasteiger partial charge in [-0.15, -0.1) is 0 Å². The molecule has 144 valence electrons. The molecule has 0 aliphatic heterocycles. The number of benzene rings is 3. The van der Waals surface area contributed by atoms with Crippen LogP contribution in [0.1, 0.15) is 35.7 Å². The Balaban J connectivity index is 1.57. The van der Waals surface area contributed by atoms with Crippen molar-refractivity contribution < 1.29 is 14.3 Å². The number of anilines is 1. The van der Waals surface area contributed by atoms with E-state index in [9.17, 15) is 4.79 Å². The van der Waals surface area contributed by atoms with Gasteiger partial charge in [0.25, 0.3) is 5.91 Å². The van der Waals surface area contributed by atoms with Crippen LogP contribution in [0.3, 0.4) is 0 Å². The number of amides is 1. The highest BCUT2D eigenvalue weighted by molar-refractivity contribution is 6.05. The number of carbonyl (C=O) groups is 1. The molecule has 1 N–H and O–H groups in total. The summed E-state index contributed by atoms with van der Waals surface area (Å²) in [6.45, 7) is 5.06. The van der Waals surface area contributed by atoms with Gasteiger partial charge in [-0.25, -0.2) is 0 Å². The predicted octanol–water partition coefficient (Wildman–Crippen LogP) is 5.52. The van der Waals surface area contributed by atoms with Gasteiger partial charge in [-0.2, -0.15) is 0 Å². The molecule has 3 aromatic rings. The second kappa shape index (κ2) is 9.60. The number of nitrogens with one attached hydrogen (secondary N) is 1. The predicted molar refractivity (Wildman–Crippen MR) is 112 cm³/mol. The minimum atomic E-state index is -0.160.